The lowest BCUT2D eigenvalue weighted by molar-refractivity contribution is 0.187. The van der Waals surface area contributed by atoms with Gasteiger partial charge in [-0.25, -0.2) is 0 Å². The minimum atomic E-state index is -0.677. The van der Waals surface area contributed by atoms with E-state index in [1.807, 2.05) is 43.3 Å². The molecule has 0 spiro atoms. The van der Waals surface area contributed by atoms with E-state index < -0.39 is 6.10 Å². The van der Waals surface area contributed by atoms with E-state index in [0.29, 0.717) is 5.76 Å². The van der Waals surface area contributed by atoms with Crippen LogP contribution in [0.1, 0.15) is 30.1 Å². The molecule has 0 aliphatic heterocycles. The Kier molecular flexibility index (Phi) is 3.92. The van der Waals surface area contributed by atoms with E-state index >= 15 is 0 Å². The Bertz CT molecular complexity index is 473. The topological polar surface area (TPSA) is 33.4 Å². The standard InChI is InChI=1S/C14H16O2S/c1-3-17-12-7-5-11(6-8-12)14(15)13-9-4-10(2)16-13/h4-9,14-15H,3H2,1-2H3/t14-/m0/s1. The molecular formula is C14H16O2S. The summed E-state index contributed by atoms with van der Waals surface area (Å²) in [4.78, 5) is 1.22. The van der Waals surface area contributed by atoms with Crippen molar-refractivity contribution in [3.8, 4) is 0 Å². The highest BCUT2D eigenvalue weighted by atomic mass is 32.2. The highest BCUT2D eigenvalue weighted by Gasteiger charge is 2.13. The van der Waals surface area contributed by atoms with Gasteiger partial charge in [-0.15, -0.1) is 11.8 Å². The lowest BCUT2D eigenvalue weighted by atomic mass is 10.1. The predicted molar refractivity (Wildman–Crippen MR) is 70.3 cm³/mol. The Morgan fingerprint density at radius 2 is 1.88 bits per heavy atom. The van der Waals surface area contributed by atoms with Crippen molar-refractivity contribution in [1.82, 2.24) is 0 Å². The molecule has 0 aliphatic rings. The lowest BCUT2D eigenvalue weighted by Crippen LogP contribution is -1.97. The zero-order chi connectivity index (χ0) is 12.3. The molecule has 0 aliphatic carbocycles. The van der Waals surface area contributed by atoms with Crippen molar-refractivity contribution in [2.24, 2.45) is 0 Å². The number of aliphatic hydroxyl groups excluding tert-OH is 1. The van der Waals surface area contributed by atoms with Crippen molar-refractivity contribution in [2.75, 3.05) is 5.75 Å². The van der Waals surface area contributed by atoms with Crippen LogP contribution >= 0.6 is 11.8 Å². The number of aliphatic hydroxyl groups is 1. The molecule has 2 nitrogen and oxygen atoms in total. The largest absolute Gasteiger partial charge is 0.463 e. The molecule has 0 radical (unpaired) electrons. The van der Waals surface area contributed by atoms with Crippen molar-refractivity contribution in [2.45, 2.75) is 24.8 Å². The summed E-state index contributed by atoms with van der Waals surface area (Å²) in [5.41, 5.74) is 0.861. The molecule has 0 bridgehead atoms. The number of rotatable bonds is 4. The fraction of sp³-hybridized carbons (Fsp3) is 0.286. The molecule has 1 atom stereocenters. The van der Waals surface area contributed by atoms with Crippen molar-refractivity contribution < 1.29 is 9.52 Å². The van der Waals surface area contributed by atoms with E-state index in [-0.39, 0.29) is 0 Å². The normalized spacial score (nSPS) is 12.6. The summed E-state index contributed by atoms with van der Waals surface area (Å²) in [7, 11) is 0. The van der Waals surface area contributed by atoms with Crippen LogP contribution in [-0.2, 0) is 0 Å². The molecule has 2 rings (SSSR count). The van der Waals surface area contributed by atoms with Crippen molar-refractivity contribution in [3.63, 3.8) is 0 Å². The van der Waals surface area contributed by atoms with Gasteiger partial charge in [-0.1, -0.05) is 19.1 Å². The van der Waals surface area contributed by atoms with Crippen LogP contribution in [0.4, 0.5) is 0 Å². The Hall–Kier alpha value is -1.19. The van der Waals surface area contributed by atoms with E-state index in [9.17, 15) is 5.11 Å². The highest BCUT2D eigenvalue weighted by Crippen LogP contribution is 2.26. The Balaban J connectivity index is 2.16. The van der Waals surface area contributed by atoms with E-state index in [1.54, 1.807) is 11.8 Å². The maximum Gasteiger partial charge on any atom is 0.137 e. The molecule has 2 aromatic rings. The third-order valence-corrected chi connectivity index (χ3v) is 3.43. The number of hydrogen-bond acceptors (Lipinski definition) is 3. The first-order valence-corrected chi connectivity index (χ1v) is 6.66. The molecule has 90 valence electrons. The molecule has 0 amide bonds. The second-order valence-electron chi connectivity index (χ2n) is 3.85. The molecule has 1 heterocycles. The summed E-state index contributed by atoms with van der Waals surface area (Å²) in [6.45, 7) is 4.00. The average Bonchev–Trinajstić information content (AvgIpc) is 2.76. The van der Waals surface area contributed by atoms with Gasteiger partial charge in [0.15, 0.2) is 0 Å². The molecule has 0 saturated carbocycles. The van der Waals surface area contributed by atoms with E-state index in [0.717, 1.165) is 17.1 Å². The summed E-state index contributed by atoms with van der Waals surface area (Å²) in [5.74, 6) is 2.47. The van der Waals surface area contributed by atoms with Gasteiger partial charge in [0.05, 0.1) is 0 Å². The third-order valence-electron chi connectivity index (χ3n) is 2.54. The zero-order valence-electron chi connectivity index (χ0n) is 10.0. The van der Waals surface area contributed by atoms with E-state index in [2.05, 4.69) is 6.92 Å². The highest BCUT2D eigenvalue weighted by molar-refractivity contribution is 7.99. The molecule has 0 fully saturated rings. The summed E-state index contributed by atoms with van der Waals surface area (Å²) >= 11 is 1.79. The molecule has 0 unspecified atom stereocenters. The Labute approximate surface area is 106 Å². The minimum absolute atomic E-state index is 0.596. The number of thioether (sulfide) groups is 1. The Morgan fingerprint density at radius 3 is 2.41 bits per heavy atom. The van der Waals surface area contributed by atoms with Gasteiger partial charge >= 0.3 is 0 Å². The number of aryl methyl sites for hydroxylation is 1. The van der Waals surface area contributed by atoms with Gasteiger partial charge in [0.25, 0.3) is 0 Å². The van der Waals surface area contributed by atoms with Gasteiger partial charge in [0.1, 0.15) is 17.6 Å². The SMILES string of the molecule is CCSc1ccc([C@H](O)c2ccc(C)o2)cc1. The maximum absolute atomic E-state index is 10.1. The summed E-state index contributed by atoms with van der Waals surface area (Å²) in [5, 5.41) is 10.1. The van der Waals surface area contributed by atoms with Crippen LogP contribution in [0.25, 0.3) is 0 Å². The van der Waals surface area contributed by atoms with Crippen LogP contribution in [0.2, 0.25) is 0 Å². The molecule has 1 N–H and O–H groups in total. The van der Waals surface area contributed by atoms with Crippen molar-refractivity contribution in [1.29, 1.82) is 0 Å². The van der Waals surface area contributed by atoms with E-state index in [4.69, 9.17) is 4.42 Å². The number of furan rings is 1. The van der Waals surface area contributed by atoms with Crippen LogP contribution in [0.5, 0.6) is 0 Å². The molecule has 1 aromatic heterocycles. The summed E-state index contributed by atoms with van der Waals surface area (Å²) in [6, 6.07) is 11.6. The van der Waals surface area contributed by atoms with Gasteiger partial charge in [-0.05, 0) is 42.5 Å². The van der Waals surface area contributed by atoms with Crippen molar-refractivity contribution >= 4 is 11.8 Å². The zero-order valence-corrected chi connectivity index (χ0v) is 10.8. The van der Waals surface area contributed by atoms with E-state index in [1.165, 1.54) is 4.90 Å². The second-order valence-corrected chi connectivity index (χ2v) is 5.19. The minimum Gasteiger partial charge on any atom is -0.463 e. The fourth-order valence-corrected chi connectivity index (χ4v) is 2.34. The van der Waals surface area contributed by atoms with Gasteiger partial charge in [0.2, 0.25) is 0 Å². The molecule has 3 heteroatoms. The number of hydrogen-bond donors (Lipinski definition) is 1. The average molecular weight is 248 g/mol. The maximum atomic E-state index is 10.1. The van der Waals surface area contributed by atoms with Gasteiger partial charge in [-0.3, -0.25) is 0 Å². The number of benzene rings is 1. The van der Waals surface area contributed by atoms with Gasteiger partial charge in [-0.2, -0.15) is 0 Å². The molecule has 0 saturated heterocycles. The van der Waals surface area contributed by atoms with Crippen LogP contribution in [0, 0.1) is 6.92 Å². The van der Waals surface area contributed by atoms with Crippen LogP contribution in [0.15, 0.2) is 45.7 Å². The quantitative estimate of drug-likeness (QED) is 0.836. The van der Waals surface area contributed by atoms with Crippen LogP contribution in [-0.4, -0.2) is 10.9 Å². The van der Waals surface area contributed by atoms with Gasteiger partial charge in [0, 0.05) is 4.90 Å². The first kappa shape index (κ1) is 12.3. The summed E-state index contributed by atoms with van der Waals surface area (Å²) < 4.78 is 5.42. The lowest BCUT2D eigenvalue weighted by Gasteiger charge is -2.08. The second kappa shape index (κ2) is 5.43. The fourth-order valence-electron chi connectivity index (χ4n) is 1.68. The molecular weight excluding hydrogens is 232 g/mol. The summed E-state index contributed by atoms with van der Waals surface area (Å²) in [6.07, 6.45) is -0.677. The monoisotopic (exact) mass is 248 g/mol. The van der Waals surface area contributed by atoms with Gasteiger partial charge < -0.3 is 9.52 Å². The predicted octanol–water partition coefficient (Wildman–Crippen LogP) is 3.78. The molecule has 17 heavy (non-hydrogen) atoms. The Morgan fingerprint density at radius 1 is 1.18 bits per heavy atom. The third kappa shape index (κ3) is 2.93. The smallest absolute Gasteiger partial charge is 0.137 e. The first-order valence-electron chi connectivity index (χ1n) is 5.68. The first-order chi connectivity index (χ1) is 8.20. The van der Waals surface area contributed by atoms with Crippen molar-refractivity contribution in [3.05, 3.63) is 53.5 Å². The van der Waals surface area contributed by atoms with Crippen LogP contribution in [0.3, 0.4) is 0 Å². The van der Waals surface area contributed by atoms with Crippen LogP contribution < -0.4 is 0 Å². The molecule has 1 aromatic carbocycles.